The number of benzene rings is 1. The van der Waals surface area contributed by atoms with Crippen LogP contribution in [0.3, 0.4) is 0 Å². The standard InChI is InChI=1S/C14H23NO/c1-4-6-11-15(5-2)14-10-8-7-9-13(14)12(3)16/h7-10,12,16H,4-6,11H2,1-3H3/t12-/m1/s1. The van der Waals surface area contributed by atoms with Crippen LogP contribution in [-0.2, 0) is 0 Å². The van der Waals surface area contributed by atoms with Crippen LogP contribution < -0.4 is 4.90 Å². The normalized spacial score (nSPS) is 12.5. The summed E-state index contributed by atoms with van der Waals surface area (Å²) in [6.07, 6.45) is 2.00. The molecule has 90 valence electrons. The molecular formula is C14H23NO. The second-order valence-electron chi connectivity index (χ2n) is 4.17. The Labute approximate surface area is 98.9 Å². The van der Waals surface area contributed by atoms with Gasteiger partial charge in [0.15, 0.2) is 0 Å². The first-order chi connectivity index (χ1) is 7.70. The van der Waals surface area contributed by atoms with E-state index < -0.39 is 6.10 Å². The number of hydrogen-bond donors (Lipinski definition) is 1. The van der Waals surface area contributed by atoms with Crippen LogP contribution in [0.25, 0.3) is 0 Å². The predicted molar refractivity (Wildman–Crippen MR) is 69.9 cm³/mol. The van der Waals surface area contributed by atoms with Crippen molar-refractivity contribution in [1.82, 2.24) is 0 Å². The average Bonchev–Trinajstić information content (AvgIpc) is 2.30. The van der Waals surface area contributed by atoms with E-state index in [-0.39, 0.29) is 0 Å². The molecule has 2 heteroatoms. The van der Waals surface area contributed by atoms with Gasteiger partial charge in [-0.05, 0) is 26.3 Å². The van der Waals surface area contributed by atoms with Gasteiger partial charge in [0, 0.05) is 24.3 Å². The Kier molecular flexibility index (Phi) is 5.33. The van der Waals surface area contributed by atoms with Crippen LogP contribution in [0.4, 0.5) is 5.69 Å². The van der Waals surface area contributed by atoms with Crippen LogP contribution in [0, 0.1) is 0 Å². The minimum Gasteiger partial charge on any atom is -0.389 e. The molecule has 0 aliphatic heterocycles. The number of unbranched alkanes of at least 4 members (excludes halogenated alkanes) is 1. The molecular weight excluding hydrogens is 198 g/mol. The van der Waals surface area contributed by atoms with Gasteiger partial charge in [0.2, 0.25) is 0 Å². The largest absolute Gasteiger partial charge is 0.389 e. The lowest BCUT2D eigenvalue weighted by molar-refractivity contribution is 0.199. The molecule has 0 spiro atoms. The highest BCUT2D eigenvalue weighted by Gasteiger charge is 2.11. The molecule has 1 rings (SSSR count). The molecule has 0 aliphatic carbocycles. The van der Waals surface area contributed by atoms with Gasteiger partial charge in [0.1, 0.15) is 0 Å². The Balaban J connectivity index is 2.90. The summed E-state index contributed by atoms with van der Waals surface area (Å²) in [5, 5.41) is 9.75. The van der Waals surface area contributed by atoms with Crippen molar-refractivity contribution in [2.45, 2.75) is 39.7 Å². The molecule has 0 aliphatic rings. The molecule has 0 bridgehead atoms. The van der Waals surface area contributed by atoms with Crippen molar-refractivity contribution in [1.29, 1.82) is 0 Å². The van der Waals surface area contributed by atoms with Crippen molar-refractivity contribution in [3.63, 3.8) is 0 Å². The molecule has 0 unspecified atom stereocenters. The maximum atomic E-state index is 9.75. The van der Waals surface area contributed by atoms with Gasteiger partial charge < -0.3 is 10.0 Å². The zero-order valence-electron chi connectivity index (χ0n) is 10.6. The Morgan fingerprint density at radius 1 is 1.25 bits per heavy atom. The monoisotopic (exact) mass is 221 g/mol. The Hall–Kier alpha value is -1.02. The lowest BCUT2D eigenvalue weighted by Gasteiger charge is -2.26. The molecule has 1 N–H and O–H groups in total. The van der Waals surface area contributed by atoms with Gasteiger partial charge >= 0.3 is 0 Å². The van der Waals surface area contributed by atoms with E-state index in [1.54, 1.807) is 0 Å². The summed E-state index contributed by atoms with van der Waals surface area (Å²) in [6, 6.07) is 8.13. The van der Waals surface area contributed by atoms with Gasteiger partial charge in [-0.3, -0.25) is 0 Å². The summed E-state index contributed by atoms with van der Waals surface area (Å²) in [5.74, 6) is 0. The Morgan fingerprint density at radius 3 is 2.50 bits per heavy atom. The first-order valence-electron chi connectivity index (χ1n) is 6.22. The third kappa shape index (κ3) is 3.24. The Bertz CT molecular complexity index is 309. The van der Waals surface area contributed by atoms with E-state index in [1.807, 2.05) is 25.1 Å². The zero-order valence-corrected chi connectivity index (χ0v) is 10.6. The van der Waals surface area contributed by atoms with E-state index in [2.05, 4.69) is 24.8 Å². The van der Waals surface area contributed by atoms with Gasteiger partial charge in [-0.25, -0.2) is 0 Å². The topological polar surface area (TPSA) is 23.5 Å². The lowest BCUT2D eigenvalue weighted by atomic mass is 10.1. The molecule has 0 aromatic heterocycles. The number of aliphatic hydroxyl groups excluding tert-OH is 1. The number of para-hydroxylation sites is 1. The van der Waals surface area contributed by atoms with Gasteiger partial charge in [0.25, 0.3) is 0 Å². The fourth-order valence-corrected chi connectivity index (χ4v) is 1.93. The molecule has 0 saturated heterocycles. The van der Waals surface area contributed by atoms with Crippen LogP contribution in [0.5, 0.6) is 0 Å². The smallest absolute Gasteiger partial charge is 0.0781 e. The number of nitrogens with zero attached hydrogens (tertiary/aromatic N) is 1. The van der Waals surface area contributed by atoms with Crippen molar-refractivity contribution in [2.24, 2.45) is 0 Å². The van der Waals surface area contributed by atoms with Gasteiger partial charge in [0.05, 0.1) is 6.10 Å². The van der Waals surface area contributed by atoms with Crippen LogP contribution in [0.1, 0.15) is 45.3 Å². The van der Waals surface area contributed by atoms with E-state index in [9.17, 15) is 5.11 Å². The average molecular weight is 221 g/mol. The fourth-order valence-electron chi connectivity index (χ4n) is 1.93. The number of hydrogen-bond acceptors (Lipinski definition) is 2. The third-order valence-electron chi connectivity index (χ3n) is 2.89. The summed E-state index contributed by atoms with van der Waals surface area (Å²) in [6.45, 7) is 8.25. The summed E-state index contributed by atoms with van der Waals surface area (Å²) < 4.78 is 0. The second kappa shape index (κ2) is 6.54. The number of anilines is 1. The number of rotatable bonds is 6. The van der Waals surface area contributed by atoms with Crippen LogP contribution in [0.2, 0.25) is 0 Å². The minimum atomic E-state index is -0.396. The first-order valence-corrected chi connectivity index (χ1v) is 6.22. The van der Waals surface area contributed by atoms with Crippen molar-refractivity contribution >= 4 is 5.69 Å². The van der Waals surface area contributed by atoms with Crippen LogP contribution >= 0.6 is 0 Å². The van der Waals surface area contributed by atoms with Crippen molar-refractivity contribution in [3.8, 4) is 0 Å². The molecule has 1 atom stereocenters. The molecule has 0 radical (unpaired) electrons. The summed E-state index contributed by atoms with van der Waals surface area (Å²) in [5.41, 5.74) is 2.20. The highest BCUT2D eigenvalue weighted by atomic mass is 16.3. The minimum absolute atomic E-state index is 0.396. The van der Waals surface area contributed by atoms with Crippen molar-refractivity contribution < 1.29 is 5.11 Å². The SMILES string of the molecule is CCCCN(CC)c1ccccc1[C@@H](C)O. The third-order valence-corrected chi connectivity index (χ3v) is 2.89. The van der Waals surface area contributed by atoms with E-state index in [1.165, 1.54) is 18.5 Å². The quantitative estimate of drug-likeness (QED) is 0.796. The van der Waals surface area contributed by atoms with E-state index in [0.29, 0.717) is 0 Å². The molecule has 0 saturated carbocycles. The van der Waals surface area contributed by atoms with E-state index >= 15 is 0 Å². The maximum Gasteiger partial charge on any atom is 0.0781 e. The molecule has 0 heterocycles. The van der Waals surface area contributed by atoms with E-state index in [4.69, 9.17) is 0 Å². The zero-order chi connectivity index (χ0) is 12.0. The van der Waals surface area contributed by atoms with Crippen LogP contribution in [-0.4, -0.2) is 18.2 Å². The fraction of sp³-hybridized carbons (Fsp3) is 0.571. The highest BCUT2D eigenvalue weighted by molar-refractivity contribution is 5.54. The lowest BCUT2D eigenvalue weighted by Crippen LogP contribution is -2.25. The van der Waals surface area contributed by atoms with Gasteiger partial charge in [-0.2, -0.15) is 0 Å². The molecule has 0 fully saturated rings. The maximum absolute atomic E-state index is 9.75. The molecule has 1 aromatic rings. The highest BCUT2D eigenvalue weighted by Crippen LogP contribution is 2.26. The van der Waals surface area contributed by atoms with E-state index in [0.717, 1.165) is 18.7 Å². The number of aliphatic hydroxyl groups is 1. The van der Waals surface area contributed by atoms with Crippen molar-refractivity contribution in [3.05, 3.63) is 29.8 Å². The summed E-state index contributed by atoms with van der Waals surface area (Å²) in [7, 11) is 0. The first kappa shape index (κ1) is 13.0. The van der Waals surface area contributed by atoms with Crippen molar-refractivity contribution in [2.75, 3.05) is 18.0 Å². The van der Waals surface area contributed by atoms with Gasteiger partial charge in [-0.15, -0.1) is 0 Å². The second-order valence-corrected chi connectivity index (χ2v) is 4.17. The van der Waals surface area contributed by atoms with Gasteiger partial charge in [-0.1, -0.05) is 31.5 Å². The predicted octanol–water partition coefficient (Wildman–Crippen LogP) is 3.37. The molecule has 0 amide bonds. The molecule has 2 nitrogen and oxygen atoms in total. The summed E-state index contributed by atoms with van der Waals surface area (Å²) in [4.78, 5) is 2.34. The Morgan fingerprint density at radius 2 is 1.94 bits per heavy atom. The molecule has 1 aromatic carbocycles. The molecule has 16 heavy (non-hydrogen) atoms. The van der Waals surface area contributed by atoms with Crippen LogP contribution in [0.15, 0.2) is 24.3 Å². The summed E-state index contributed by atoms with van der Waals surface area (Å²) >= 11 is 0.